The lowest BCUT2D eigenvalue weighted by Gasteiger charge is -2.16. The summed E-state index contributed by atoms with van der Waals surface area (Å²) in [4.78, 5) is 19.1. The van der Waals surface area contributed by atoms with Gasteiger partial charge in [-0.1, -0.05) is 13.3 Å². The maximum Gasteiger partial charge on any atom is 0.263 e. The third-order valence-corrected chi connectivity index (χ3v) is 5.23. The first-order chi connectivity index (χ1) is 9.19. The van der Waals surface area contributed by atoms with Crippen molar-refractivity contribution in [3.05, 3.63) is 21.4 Å². The number of thiophene rings is 1. The van der Waals surface area contributed by atoms with Gasteiger partial charge in [0.05, 0.1) is 4.88 Å². The fourth-order valence-corrected chi connectivity index (χ4v) is 3.88. The summed E-state index contributed by atoms with van der Waals surface area (Å²) in [6.45, 7) is 5.15. The minimum atomic E-state index is 0.200. The zero-order valence-electron chi connectivity index (χ0n) is 11.8. The Balaban J connectivity index is 1.64. The molecular formula is C15H22N2OS. The fraction of sp³-hybridized carbons (Fsp3) is 0.667. The van der Waals surface area contributed by atoms with Crippen molar-refractivity contribution in [3.63, 3.8) is 0 Å². The Hall–Kier alpha value is -0.870. The lowest BCUT2D eigenvalue weighted by atomic mass is 10.2. The molecule has 0 unspecified atom stereocenters. The zero-order chi connectivity index (χ0) is 13.4. The molecule has 1 aromatic heterocycles. The van der Waals surface area contributed by atoms with E-state index >= 15 is 0 Å². The molecule has 2 heterocycles. The second kappa shape index (κ2) is 5.25. The summed E-state index contributed by atoms with van der Waals surface area (Å²) >= 11 is 1.71. The SMILES string of the molecule is CCCCN(C)C(=O)c1cc2c(s1)CN(C1CC1)C2. The third kappa shape index (κ3) is 2.70. The maximum absolute atomic E-state index is 12.3. The first kappa shape index (κ1) is 13.1. The molecule has 3 nitrogen and oxygen atoms in total. The second-order valence-electron chi connectivity index (χ2n) is 5.78. The van der Waals surface area contributed by atoms with Gasteiger partial charge in [0.1, 0.15) is 0 Å². The molecule has 1 aliphatic heterocycles. The number of hydrogen-bond acceptors (Lipinski definition) is 3. The van der Waals surface area contributed by atoms with Gasteiger partial charge >= 0.3 is 0 Å². The largest absolute Gasteiger partial charge is 0.341 e. The molecule has 19 heavy (non-hydrogen) atoms. The van der Waals surface area contributed by atoms with Crippen molar-refractivity contribution in [2.24, 2.45) is 0 Å². The van der Waals surface area contributed by atoms with E-state index in [2.05, 4.69) is 17.9 Å². The first-order valence-corrected chi connectivity index (χ1v) is 8.11. The Bertz CT molecular complexity index is 455. The van der Waals surface area contributed by atoms with Crippen molar-refractivity contribution in [1.29, 1.82) is 0 Å². The smallest absolute Gasteiger partial charge is 0.263 e. The van der Waals surface area contributed by atoms with Crippen LogP contribution in [0.25, 0.3) is 0 Å². The minimum absolute atomic E-state index is 0.200. The molecule has 0 radical (unpaired) electrons. The van der Waals surface area contributed by atoms with Gasteiger partial charge in [-0.3, -0.25) is 9.69 Å². The fourth-order valence-electron chi connectivity index (χ4n) is 2.68. The number of unbranched alkanes of at least 4 members (excludes halogenated alkanes) is 1. The molecule has 1 fully saturated rings. The lowest BCUT2D eigenvalue weighted by Crippen LogP contribution is -2.27. The first-order valence-electron chi connectivity index (χ1n) is 7.30. The Morgan fingerprint density at radius 1 is 1.47 bits per heavy atom. The van der Waals surface area contributed by atoms with Crippen LogP contribution in [-0.2, 0) is 13.1 Å². The standard InChI is InChI=1S/C15H22N2OS/c1-3-4-7-16(2)15(18)13-8-11-9-17(12-5-6-12)10-14(11)19-13/h8,12H,3-7,9-10H2,1-2H3. The van der Waals surface area contributed by atoms with Crippen LogP contribution in [0.3, 0.4) is 0 Å². The van der Waals surface area contributed by atoms with Crippen LogP contribution in [0.15, 0.2) is 6.07 Å². The van der Waals surface area contributed by atoms with Crippen LogP contribution in [-0.4, -0.2) is 35.3 Å². The minimum Gasteiger partial charge on any atom is -0.341 e. The average molecular weight is 278 g/mol. The van der Waals surface area contributed by atoms with Gasteiger partial charge in [0.25, 0.3) is 5.91 Å². The summed E-state index contributed by atoms with van der Waals surface area (Å²) in [6, 6.07) is 2.96. The molecule has 0 aromatic carbocycles. The highest BCUT2D eigenvalue weighted by atomic mass is 32.1. The molecule has 104 valence electrons. The van der Waals surface area contributed by atoms with Crippen LogP contribution in [0.5, 0.6) is 0 Å². The van der Waals surface area contributed by atoms with E-state index in [0.29, 0.717) is 0 Å². The van der Waals surface area contributed by atoms with Crippen molar-refractivity contribution < 1.29 is 4.79 Å². The maximum atomic E-state index is 12.3. The van der Waals surface area contributed by atoms with Crippen LogP contribution < -0.4 is 0 Å². The Morgan fingerprint density at radius 2 is 2.26 bits per heavy atom. The highest BCUT2D eigenvalue weighted by Gasteiger charge is 2.34. The van der Waals surface area contributed by atoms with E-state index in [-0.39, 0.29) is 5.91 Å². The predicted molar refractivity (Wildman–Crippen MR) is 78.5 cm³/mol. The summed E-state index contributed by atoms with van der Waals surface area (Å²) in [5.74, 6) is 0.200. The molecule has 0 N–H and O–H groups in total. The molecule has 2 aliphatic rings. The molecule has 1 amide bonds. The molecule has 0 spiro atoms. The van der Waals surface area contributed by atoms with Gasteiger partial charge in [-0.25, -0.2) is 0 Å². The highest BCUT2D eigenvalue weighted by Crippen LogP contribution is 2.38. The highest BCUT2D eigenvalue weighted by molar-refractivity contribution is 7.14. The third-order valence-electron chi connectivity index (χ3n) is 4.08. The molecule has 1 saturated carbocycles. The molecule has 1 aliphatic carbocycles. The number of nitrogens with zero attached hydrogens (tertiary/aromatic N) is 2. The molecule has 1 aromatic rings. The quantitative estimate of drug-likeness (QED) is 0.826. The van der Waals surface area contributed by atoms with Crippen LogP contribution in [0.4, 0.5) is 0 Å². The Labute approximate surface area is 119 Å². The molecule has 4 heteroatoms. The lowest BCUT2D eigenvalue weighted by molar-refractivity contribution is 0.0798. The Morgan fingerprint density at radius 3 is 2.89 bits per heavy atom. The zero-order valence-corrected chi connectivity index (χ0v) is 12.6. The number of fused-ring (bicyclic) bond motifs is 1. The number of carbonyl (C=O) groups excluding carboxylic acids is 1. The van der Waals surface area contributed by atoms with Gasteiger partial charge in [-0.2, -0.15) is 0 Å². The molecule has 0 saturated heterocycles. The molecular weight excluding hydrogens is 256 g/mol. The Kier molecular flexibility index (Phi) is 3.63. The predicted octanol–water partition coefficient (Wildman–Crippen LogP) is 3.10. The van der Waals surface area contributed by atoms with Crippen LogP contribution >= 0.6 is 11.3 Å². The second-order valence-corrected chi connectivity index (χ2v) is 6.91. The summed E-state index contributed by atoms with van der Waals surface area (Å²) in [6.07, 6.45) is 4.94. The molecule has 0 atom stereocenters. The molecule has 0 bridgehead atoms. The van der Waals surface area contributed by atoms with Gasteiger partial charge < -0.3 is 4.90 Å². The number of carbonyl (C=O) groups is 1. The van der Waals surface area contributed by atoms with E-state index in [1.54, 1.807) is 11.3 Å². The van der Waals surface area contributed by atoms with E-state index in [4.69, 9.17) is 0 Å². The van der Waals surface area contributed by atoms with Gasteiger partial charge in [-0.05, 0) is 30.9 Å². The topological polar surface area (TPSA) is 23.6 Å². The van der Waals surface area contributed by atoms with Crippen LogP contribution in [0.2, 0.25) is 0 Å². The summed E-state index contributed by atoms with van der Waals surface area (Å²) in [5.41, 5.74) is 1.39. The number of hydrogen-bond donors (Lipinski definition) is 0. The summed E-state index contributed by atoms with van der Waals surface area (Å²) < 4.78 is 0. The summed E-state index contributed by atoms with van der Waals surface area (Å²) in [5, 5.41) is 0. The van der Waals surface area contributed by atoms with Crippen molar-refractivity contribution in [2.45, 2.75) is 51.7 Å². The van der Waals surface area contributed by atoms with Crippen molar-refractivity contribution in [1.82, 2.24) is 9.80 Å². The monoisotopic (exact) mass is 278 g/mol. The van der Waals surface area contributed by atoms with E-state index in [1.165, 1.54) is 23.3 Å². The van der Waals surface area contributed by atoms with Gasteiger partial charge in [0.2, 0.25) is 0 Å². The summed E-state index contributed by atoms with van der Waals surface area (Å²) in [7, 11) is 1.92. The van der Waals surface area contributed by atoms with Crippen LogP contribution in [0, 0.1) is 0 Å². The van der Waals surface area contributed by atoms with Gasteiger partial charge in [0.15, 0.2) is 0 Å². The normalized spacial score (nSPS) is 18.6. The van der Waals surface area contributed by atoms with Gasteiger partial charge in [-0.15, -0.1) is 11.3 Å². The molecule has 3 rings (SSSR count). The van der Waals surface area contributed by atoms with E-state index in [9.17, 15) is 4.79 Å². The van der Waals surface area contributed by atoms with E-state index in [1.807, 2.05) is 11.9 Å². The average Bonchev–Trinajstić information content (AvgIpc) is 3.06. The van der Waals surface area contributed by atoms with Crippen molar-refractivity contribution >= 4 is 17.2 Å². The van der Waals surface area contributed by atoms with Gasteiger partial charge in [0, 0.05) is 37.6 Å². The van der Waals surface area contributed by atoms with E-state index in [0.717, 1.165) is 43.4 Å². The van der Waals surface area contributed by atoms with Crippen molar-refractivity contribution in [2.75, 3.05) is 13.6 Å². The van der Waals surface area contributed by atoms with Crippen LogP contribution in [0.1, 0.15) is 52.7 Å². The number of amides is 1. The van der Waals surface area contributed by atoms with E-state index < -0.39 is 0 Å². The van der Waals surface area contributed by atoms with Crippen molar-refractivity contribution in [3.8, 4) is 0 Å². The number of rotatable bonds is 5.